The van der Waals surface area contributed by atoms with Crippen molar-refractivity contribution in [3.05, 3.63) is 35.9 Å². The predicted molar refractivity (Wildman–Crippen MR) is 63.8 cm³/mol. The first-order valence-corrected chi connectivity index (χ1v) is 5.92. The van der Waals surface area contributed by atoms with Crippen LogP contribution in [0.25, 0.3) is 0 Å². The fourth-order valence-electron chi connectivity index (χ4n) is 2.06. The molecular formula is C13H20N2. The van der Waals surface area contributed by atoms with Gasteiger partial charge in [-0.3, -0.25) is 4.90 Å². The maximum absolute atomic E-state index is 3.50. The second kappa shape index (κ2) is 5.89. The van der Waals surface area contributed by atoms with Crippen molar-refractivity contribution in [1.29, 1.82) is 0 Å². The lowest BCUT2D eigenvalue weighted by molar-refractivity contribution is 0.311. The van der Waals surface area contributed by atoms with Crippen LogP contribution in [0.2, 0.25) is 0 Å². The monoisotopic (exact) mass is 204 g/mol. The van der Waals surface area contributed by atoms with Gasteiger partial charge in [-0.25, -0.2) is 0 Å². The standard InChI is InChI=1S/C13H20N2/c1-2-6-13(7-3-1)8-9-14-12-15-10-4-5-11-15/h1-3,6-7,14H,4-5,8-12H2. The van der Waals surface area contributed by atoms with Crippen LogP contribution < -0.4 is 5.32 Å². The van der Waals surface area contributed by atoms with E-state index >= 15 is 0 Å². The molecule has 1 N–H and O–H groups in total. The Bertz CT molecular complexity index is 265. The van der Waals surface area contributed by atoms with Gasteiger partial charge in [0.25, 0.3) is 0 Å². The molecule has 0 amide bonds. The lowest BCUT2D eigenvalue weighted by Crippen LogP contribution is -2.33. The molecule has 0 saturated carbocycles. The first-order chi connectivity index (χ1) is 7.45. The van der Waals surface area contributed by atoms with E-state index in [2.05, 4.69) is 40.5 Å². The highest BCUT2D eigenvalue weighted by Crippen LogP contribution is 2.05. The molecule has 82 valence electrons. The van der Waals surface area contributed by atoms with Crippen molar-refractivity contribution in [3.63, 3.8) is 0 Å². The van der Waals surface area contributed by atoms with E-state index in [0.29, 0.717) is 0 Å². The van der Waals surface area contributed by atoms with Crippen molar-refractivity contribution in [1.82, 2.24) is 10.2 Å². The molecule has 1 saturated heterocycles. The van der Waals surface area contributed by atoms with Crippen molar-refractivity contribution < 1.29 is 0 Å². The van der Waals surface area contributed by atoms with Crippen molar-refractivity contribution in [2.45, 2.75) is 19.3 Å². The summed E-state index contributed by atoms with van der Waals surface area (Å²) in [6.45, 7) is 4.70. The van der Waals surface area contributed by atoms with E-state index in [0.717, 1.165) is 19.6 Å². The summed E-state index contributed by atoms with van der Waals surface area (Å²) in [4.78, 5) is 2.49. The van der Waals surface area contributed by atoms with E-state index in [1.54, 1.807) is 0 Å². The van der Waals surface area contributed by atoms with Gasteiger partial charge in [0.05, 0.1) is 0 Å². The highest BCUT2D eigenvalue weighted by atomic mass is 15.2. The van der Waals surface area contributed by atoms with Gasteiger partial charge in [0.15, 0.2) is 0 Å². The summed E-state index contributed by atoms with van der Waals surface area (Å²) in [5.74, 6) is 0. The average Bonchev–Trinajstić information content (AvgIpc) is 2.79. The fraction of sp³-hybridized carbons (Fsp3) is 0.538. The normalized spacial score (nSPS) is 17.1. The Hall–Kier alpha value is -0.860. The van der Waals surface area contributed by atoms with E-state index in [1.165, 1.54) is 31.5 Å². The zero-order valence-corrected chi connectivity index (χ0v) is 9.28. The number of nitrogens with zero attached hydrogens (tertiary/aromatic N) is 1. The third-order valence-corrected chi connectivity index (χ3v) is 2.97. The Morgan fingerprint density at radius 2 is 1.80 bits per heavy atom. The topological polar surface area (TPSA) is 15.3 Å². The lowest BCUT2D eigenvalue weighted by Gasteiger charge is -2.15. The van der Waals surface area contributed by atoms with E-state index in [9.17, 15) is 0 Å². The van der Waals surface area contributed by atoms with Gasteiger partial charge in [-0.05, 0) is 37.9 Å². The zero-order valence-electron chi connectivity index (χ0n) is 9.28. The molecule has 0 aliphatic carbocycles. The van der Waals surface area contributed by atoms with E-state index < -0.39 is 0 Å². The van der Waals surface area contributed by atoms with Crippen molar-refractivity contribution >= 4 is 0 Å². The van der Waals surface area contributed by atoms with Crippen molar-refractivity contribution in [2.24, 2.45) is 0 Å². The minimum Gasteiger partial charge on any atom is -0.304 e. The number of rotatable bonds is 5. The maximum Gasteiger partial charge on any atom is 0.0480 e. The van der Waals surface area contributed by atoms with Crippen LogP contribution in [0.5, 0.6) is 0 Å². The molecule has 0 atom stereocenters. The second-order valence-electron chi connectivity index (χ2n) is 4.22. The fourth-order valence-corrected chi connectivity index (χ4v) is 2.06. The number of hydrogen-bond acceptors (Lipinski definition) is 2. The van der Waals surface area contributed by atoms with Gasteiger partial charge >= 0.3 is 0 Å². The van der Waals surface area contributed by atoms with Crippen LogP contribution in [0.4, 0.5) is 0 Å². The van der Waals surface area contributed by atoms with E-state index in [4.69, 9.17) is 0 Å². The Morgan fingerprint density at radius 1 is 1.07 bits per heavy atom. The molecule has 0 aromatic heterocycles. The summed E-state index contributed by atoms with van der Waals surface area (Å²) in [7, 11) is 0. The summed E-state index contributed by atoms with van der Waals surface area (Å²) in [5, 5.41) is 3.50. The molecule has 1 heterocycles. The van der Waals surface area contributed by atoms with Gasteiger partial charge in [-0.15, -0.1) is 0 Å². The molecule has 1 aromatic rings. The summed E-state index contributed by atoms with van der Waals surface area (Å²) < 4.78 is 0. The van der Waals surface area contributed by atoms with Gasteiger partial charge in [-0.2, -0.15) is 0 Å². The van der Waals surface area contributed by atoms with Gasteiger partial charge in [0.2, 0.25) is 0 Å². The molecular weight excluding hydrogens is 184 g/mol. The van der Waals surface area contributed by atoms with Gasteiger partial charge in [-0.1, -0.05) is 30.3 Å². The molecule has 0 unspecified atom stereocenters. The SMILES string of the molecule is c1ccc(CCNCN2CCCC2)cc1. The van der Waals surface area contributed by atoms with Crippen LogP contribution in [0, 0.1) is 0 Å². The number of nitrogens with one attached hydrogen (secondary N) is 1. The quantitative estimate of drug-likeness (QED) is 0.737. The third kappa shape index (κ3) is 3.65. The molecule has 1 aromatic carbocycles. The minimum atomic E-state index is 1.06. The van der Waals surface area contributed by atoms with Crippen LogP contribution in [0.15, 0.2) is 30.3 Å². The van der Waals surface area contributed by atoms with Crippen molar-refractivity contribution in [3.8, 4) is 0 Å². The van der Waals surface area contributed by atoms with E-state index in [-0.39, 0.29) is 0 Å². The zero-order chi connectivity index (χ0) is 10.3. The summed E-state index contributed by atoms with van der Waals surface area (Å²) in [6, 6.07) is 10.7. The molecule has 2 heteroatoms. The maximum atomic E-state index is 3.50. The molecule has 1 aliphatic heterocycles. The summed E-state index contributed by atoms with van der Waals surface area (Å²) >= 11 is 0. The number of likely N-dealkylation sites (tertiary alicyclic amines) is 1. The highest BCUT2D eigenvalue weighted by Gasteiger charge is 2.09. The Kier molecular flexibility index (Phi) is 4.18. The molecule has 1 fully saturated rings. The smallest absolute Gasteiger partial charge is 0.0480 e. The highest BCUT2D eigenvalue weighted by molar-refractivity contribution is 5.14. The Labute approximate surface area is 92.3 Å². The molecule has 0 radical (unpaired) electrons. The lowest BCUT2D eigenvalue weighted by atomic mass is 10.1. The Morgan fingerprint density at radius 3 is 2.53 bits per heavy atom. The predicted octanol–water partition coefficient (Wildman–Crippen LogP) is 1.87. The summed E-state index contributed by atoms with van der Waals surface area (Å²) in [6.07, 6.45) is 3.88. The Balaban J connectivity index is 1.59. The second-order valence-corrected chi connectivity index (χ2v) is 4.22. The van der Waals surface area contributed by atoms with Crippen LogP contribution in [-0.2, 0) is 6.42 Å². The number of benzene rings is 1. The van der Waals surface area contributed by atoms with Crippen LogP contribution in [0.1, 0.15) is 18.4 Å². The van der Waals surface area contributed by atoms with E-state index in [1.807, 2.05) is 0 Å². The molecule has 1 aliphatic rings. The van der Waals surface area contributed by atoms with Gasteiger partial charge in [0, 0.05) is 13.2 Å². The minimum absolute atomic E-state index is 1.06. The third-order valence-electron chi connectivity index (χ3n) is 2.97. The van der Waals surface area contributed by atoms with Gasteiger partial charge < -0.3 is 5.32 Å². The summed E-state index contributed by atoms with van der Waals surface area (Å²) in [5.41, 5.74) is 1.42. The number of hydrogen-bond donors (Lipinski definition) is 1. The van der Waals surface area contributed by atoms with Gasteiger partial charge in [0.1, 0.15) is 0 Å². The van der Waals surface area contributed by atoms with Crippen LogP contribution >= 0.6 is 0 Å². The molecule has 0 bridgehead atoms. The molecule has 2 nitrogen and oxygen atoms in total. The van der Waals surface area contributed by atoms with Crippen LogP contribution in [0.3, 0.4) is 0 Å². The van der Waals surface area contributed by atoms with Crippen molar-refractivity contribution in [2.75, 3.05) is 26.3 Å². The first kappa shape index (κ1) is 10.7. The average molecular weight is 204 g/mol. The first-order valence-electron chi connectivity index (χ1n) is 5.92. The molecule has 15 heavy (non-hydrogen) atoms. The molecule has 0 spiro atoms. The largest absolute Gasteiger partial charge is 0.304 e. The molecule has 2 rings (SSSR count). The van der Waals surface area contributed by atoms with Crippen LogP contribution in [-0.4, -0.2) is 31.2 Å².